The van der Waals surface area contributed by atoms with Gasteiger partial charge in [0.2, 0.25) is 5.91 Å². The Hall–Kier alpha value is -2.14. The van der Waals surface area contributed by atoms with Crippen molar-refractivity contribution in [1.82, 2.24) is 9.97 Å². The number of rotatable bonds is 3. The summed E-state index contributed by atoms with van der Waals surface area (Å²) in [6, 6.07) is 8.12. The van der Waals surface area contributed by atoms with Crippen LogP contribution in [0, 0.1) is 5.41 Å². The summed E-state index contributed by atoms with van der Waals surface area (Å²) in [6.07, 6.45) is 2.44. The molecular weight excluding hydrogens is 294 g/mol. The van der Waals surface area contributed by atoms with E-state index in [-0.39, 0.29) is 11.3 Å². The molecule has 4 nitrogen and oxygen atoms in total. The maximum absolute atomic E-state index is 12.0. The smallest absolute Gasteiger partial charge is 0.226 e. The van der Waals surface area contributed by atoms with Crippen molar-refractivity contribution < 1.29 is 4.79 Å². The standard InChI is InChI=1S/C17H19N3OS/c1-17(2,3)8-15(21)20-16-19-14(10-22-16)12-9-18-13-7-5-4-6-11(12)13/h4-7,9-10,18H,8H2,1-3H3,(H,19,20,21). The van der Waals surface area contributed by atoms with Gasteiger partial charge in [0.05, 0.1) is 5.69 Å². The van der Waals surface area contributed by atoms with Gasteiger partial charge in [-0.3, -0.25) is 4.79 Å². The van der Waals surface area contributed by atoms with E-state index in [1.54, 1.807) is 0 Å². The highest BCUT2D eigenvalue weighted by atomic mass is 32.1. The molecule has 0 saturated carbocycles. The number of H-pyrrole nitrogens is 1. The molecule has 5 heteroatoms. The van der Waals surface area contributed by atoms with E-state index in [9.17, 15) is 4.79 Å². The summed E-state index contributed by atoms with van der Waals surface area (Å²) in [5.74, 6) is 0.00678. The molecule has 2 aromatic heterocycles. The molecule has 114 valence electrons. The second kappa shape index (κ2) is 5.57. The van der Waals surface area contributed by atoms with Crippen LogP contribution in [0.25, 0.3) is 22.2 Å². The van der Waals surface area contributed by atoms with Crippen LogP contribution in [0.15, 0.2) is 35.8 Å². The van der Waals surface area contributed by atoms with Crippen LogP contribution in [0.3, 0.4) is 0 Å². The van der Waals surface area contributed by atoms with E-state index >= 15 is 0 Å². The first kappa shape index (κ1) is 14.8. The fourth-order valence-electron chi connectivity index (χ4n) is 2.38. The number of carbonyl (C=O) groups is 1. The Morgan fingerprint density at radius 1 is 1.32 bits per heavy atom. The molecule has 1 aromatic carbocycles. The SMILES string of the molecule is CC(C)(C)CC(=O)Nc1nc(-c2c[nH]c3ccccc23)cs1. The van der Waals surface area contributed by atoms with Crippen molar-refractivity contribution in [3.63, 3.8) is 0 Å². The number of benzene rings is 1. The first-order valence-corrected chi connectivity index (χ1v) is 8.12. The molecule has 3 rings (SSSR count). The van der Waals surface area contributed by atoms with Gasteiger partial charge in [-0.15, -0.1) is 11.3 Å². The summed E-state index contributed by atoms with van der Waals surface area (Å²) in [6.45, 7) is 6.14. The van der Waals surface area contributed by atoms with Gasteiger partial charge in [0.15, 0.2) is 5.13 Å². The van der Waals surface area contributed by atoms with Gasteiger partial charge in [-0.05, 0) is 11.5 Å². The van der Waals surface area contributed by atoms with Gasteiger partial charge in [0.1, 0.15) is 0 Å². The zero-order chi connectivity index (χ0) is 15.7. The molecule has 0 aliphatic rings. The third kappa shape index (κ3) is 3.20. The number of amides is 1. The van der Waals surface area contributed by atoms with Crippen LogP contribution >= 0.6 is 11.3 Å². The van der Waals surface area contributed by atoms with Crippen LogP contribution in [0.5, 0.6) is 0 Å². The third-order valence-corrected chi connectivity index (χ3v) is 4.06. The van der Waals surface area contributed by atoms with Gasteiger partial charge >= 0.3 is 0 Å². The minimum atomic E-state index is -0.0268. The van der Waals surface area contributed by atoms with Gasteiger partial charge in [-0.1, -0.05) is 39.0 Å². The summed E-state index contributed by atoms with van der Waals surface area (Å²) in [4.78, 5) is 19.8. The molecule has 0 aliphatic heterocycles. The number of aromatic nitrogens is 2. The van der Waals surface area contributed by atoms with Crippen molar-refractivity contribution in [3.05, 3.63) is 35.8 Å². The van der Waals surface area contributed by atoms with E-state index in [1.807, 2.05) is 50.5 Å². The lowest BCUT2D eigenvalue weighted by atomic mass is 9.92. The van der Waals surface area contributed by atoms with Crippen LogP contribution in [0.1, 0.15) is 27.2 Å². The zero-order valence-corrected chi connectivity index (χ0v) is 13.8. The maximum Gasteiger partial charge on any atom is 0.226 e. The molecule has 0 aliphatic carbocycles. The number of thiazole rings is 1. The van der Waals surface area contributed by atoms with Gasteiger partial charge in [-0.2, -0.15) is 0 Å². The molecule has 3 aromatic rings. The van der Waals surface area contributed by atoms with E-state index in [0.717, 1.165) is 22.2 Å². The number of hydrogen-bond acceptors (Lipinski definition) is 3. The molecule has 0 saturated heterocycles. The summed E-state index contributed by atoms with van der Waals surface area (Å²) < 4.78 is 0. The second-order valence-electron chi connectivity index (χ2n) is 6.57. The first-order valence-electron chi connectivity index (χ1n) is 7.24. The number of hydrogen-bond donors (Lipinski definition) is 2. The van der Waals surface area contributed by atoms with Gasteiger partial charge in [-0.25, -0.2) is 4.98 Å². The molecule has 2 N–H and O–H groups in total. The second-order valence-corrected chi connectivity index (χ2v) is 7.43. The molecule has 2 heterocycles. The molecule has 0 atom stereocenters. The first-order chi connectivity index (χ1) is 10.4. The number of carbonyl (C=O) groups excluding carboxylic acids is 1. The lowest BCUT2D eigenvalue weighted by Gasteiger charge is -2.16. The van der Waals surface area contributed by atoms with Crippen LogP contribution in [0.4, 0.5) is 5.13 Å². The molecule has 0 radical (unpaired) electrons. The fraction of sp³-hybridized carbons (Fsp3) is 0.294. The predicted octanol–water partition coefficient (Wildman–Crippen LogP) is 4.67. The normalized spacial score (nSPS) is 11.8. The zero-order valence-electron chi connectivity index (χ0n) is 12.9. The van der Waals surface area contributed by atoms with Crippen molar-refractivity contribution in [2.75, 3.05) is 5.32 Å². The highest BCUT2D eigenvalue weighted by molar-refractivity contribution is 7.14. The number of anilines is 1. The summed E-state index contributed by atoms with van der Waals surface area (Å²) in [5.41, 5.74) is 3.00. The highest BCUT2D eigenvalue weighted by Gasteiger charge is 2.17. The summed E-state index contributed by atoms with van der Waals surface area (Å²) >= 11 is 1.45. The van der Waals surface area contributed by atoms with Crippen molar-refractivity contribution in [3.8, 4) is 11.3 Å². The molecular formula is C17H19N3OS. The van der Waals surface area contributed by atoms with Gasteiger partial charge in [0, 0.05) is 34.5 Å². The van der Waals surface area contributed by atoms with Gasteiger partial charge < -0.3 is 10.3 Å². The van der Waals surface area contributed by atoms with Crippen molar-refractivity contribution >= 4 is 33.3 Å². The molecule has 22 heavy (non-hydrogen) atoms. The number of fused-ring (bicyclic) bond motifs is 1. The third-order valence-electron chi connectivity index (χ3n) is 3.31. The van der Waals surface area contributed by atoms with E-state index in [1.165, 1.54) is 11.3 Å². The van der Waals surface area contributed by atoms with Crippen LogP contribution < -0.4 is 5.32 Å². The fourth-order valence-corrected chi connectivity index (χ4v) is 3.11. The summed E-state index contributed by atoms with van der Waals surface area (Å²) in [7, 11) is 0. The minimum Gasteiger partial charge on any atom is -0.360 e. The highest BCUT2D eigenvalue weighted by Crippen LogP contribution is 2.31. The Kier molecular flexibility index (Phi) is 3.74. The predicted molar refractivity (Wildman–Crippen MR) is 92.1 cm³/mol. The Morgan fingerprint density at radius 2 is 2.09 bits per heavy atom. The van der Waals surface area contributed by atoms with E-state index < -0.39 is 0 Å². The Bertz CT molecular complexity index is 811. The molecule has 1 amide bonds. The lowest BCUT2D eigenvalue weighted by Crippen LogP contribution is -2.19. The van der Waals surface area contributed by atoms with Crippen molar-refractivity contribution in [2.24, 2.45) is 5.41 Å². The van der Waals surface area contributed by atoms with E-state index in [4.69, 9.17) is 0 Å². The number of nitrogens with zero attached hydrogens (tertiary/aromatic N) is 1. The van der Waals surface area contributed by atoms with Crippen molar-refractivity contribution in [2.45, 2.75) is 27.2 Å². The Balaban J connectivity index is 1.81. The lowest BCUT2D eigenvalue weighted by molar-refractivity contribution is -0.117. The Morgan fingerprint density at radius 3 is 2.86 bits per heavy atom. The largest absolute Gasteiger partial charge is 0.360 e. The molecule has 0 spiro atoms. The number of aromatic amines is 1. The van der Waals surface area contributed by atoms with Crippen LogP contribution in [0.2, 0.25) is 0 Å². The van der Waals surface area contributed by atoms with Gasteiger partial charge in [0.25, 0.3) is 0 Å². The number of para-hydroxylation sites is 1. The average Bonchev–Trinajstić information content (AvgIpc) is 3.02. The maximum atomic E-state index is 12.0. The van der Waals surface area contributed by atoms with Crippen LogP contribution in [-0.2, 0) is 4.79 Å². The topological polar surface area (TPSA) is 57.8 Å². The summed E-state index contributed by atoms with van der Waals surface area (Å²) in [5, 5.41) is 6.65. The Labute approximate surface area is 133 Å². The van der Waals surface area contributed by atoms with Crippen molar-refractivity contribution in [1.29, 1.82) is 0 Å². The number of nitrogens with one attached hydrogen (secondary N) is 2. The molecule has 0 bridgehead atoms. The quantitative estimate of drug-likeness (QED) is 0.738. The average molecular weight is 313 g/mol. The molecule has 0 fully saturated rings. The monoisotopic (exact) mass is 313 g/mol. The minimum absolute atomic E-state index is 0.00678. The van der Waals surface area contributed by atoms with E-state index in [2.05, 4.69) is 21.4 Å². The van der Waals surface area contributed by atoms with Crippen LogP contribution in [-0.4, -0.2) is 15.9 Å². The van der Waals surface area contributed by atoms with E-state index in [0.29, 0.717) is 11.6 Å². The molecule has 0 unspecified atom stereocenters.